The Labute approximate surface area is 132 Å². The Hall–Kier alpha value is -3.02. The van der Waals surface area contributed by atoms with Crippen molar-refractivity contribution in [3.05, 3.63) is 70.4 Å². The third-order valence-electron chi connectivity index (χ3n) is 3.49. The van der Waals surface area contributed by atoms with Crippen LogP contribution in [0.5, 0.6) is 0 Å². The lowest BCUT2D eigenvalue weighted by molar-refractivity contribution is 0.101. The summed E-state index contributed by atoms with van der Waals surface area (Å²) in [6, 6.07) is 8.81. The number of rotatable bonds is 4. The lowest BCUT2D eigenvalue weighted by atomic mass is 10.1. The average molecular weight is 308 g/mol. The number of amides is 1. The zero-order valence-corrected chi connectivity index (χ0v) is 12.7. The Morgan fingerprint density at radius 2 is 2.09 bits per heavy atom. The molecule has 6 nitrogen and oxygen atoms in total. The summed E-state index contributed by atoms with van der Waals surface area (Å²) in [7, 11) is 0. The van der Waals surface area contributed by atoms with Crippen molar-refractivity contribution in [1.29, 1.82) is 0 Å². The van der Waals surface area contributed by atoms with Crippen molar-refractivity contribution < 1.29 is 4.79 Å². The Balaban J connectivity index is 2.10. The molecule has 0 saturated carbocycles. The van der Waals surface area contributed by atoms with Crippen LogP contribution in [0.15, 0.2) is 53.7 Å². The van der Waals surface area contributed by atoms with Crippen LogP contribution in [0.1, 0.15) is 29.3 Å². The summed E-state index contributed by atoms with van der Waals surface area (Å²) >= 11 is 0. The normalized spacial score (nSPS) is 10.7. The van der Waals surface area contributed by atoms with Gasteiger partial charge in [0.05, 0.1) is 5.56 Å². The molecule has 0 spiro atoms. The molecule has 3 heterocycles. The smallest absolute Gasteiger partial charge is 0.267 e. The molecular weight excluding hydrogens is 292 g/mol. The average Bonchev–Trinajstić information content (AvgIpc) is 2.59. The van der Waals surface area contributed by atoms with E-state index in [4.69, 9.17) is 0 Å². The summed E-state index contributed by atoms with van der Waals surface area (Å²) in [4.78, 5) is 33.1. The van der Waals surface area contributed by atoms with Crippen LogP contribution in [-0.4, -0.2) is 20.6 Å². The SMILES string of the molecule is CCCc1cc2cccnc2n(NC(=O)c2cccnc2)c1=O. The van der Waals surface area contributed by atoms with Crippen molar-refractivity contribution in [2.75, 3.05) is 5.43 Å². The third-order valence-corrected chi connectivity index (χ3v) is 3.49. The summed E-state index contributed by atoms with van der Waals surface area (Å²) in [5, 5.41) is 0.807. The van der Waals surface area contributed by atoms with Gasteiger partial charge in [-0.1, -0.05) is 13.3 Å². The Morgan fingerprint density at radius 3 is 2.83 bits per heavy atom. The zero-order valence-electron chi connectivity index (χ0n) is 12.7. The number of carbonyl (C=O) groups excluding carboxylic acids is 1. The zero-order chi connectivity index (χ0) is 16.2. The van der Waals surface area contributed by atoms with E-state index >= 15 is 0 Å². The van der Waals surface area contributed by atoms with Crippen LogP contribution in [0.25, 0.3) is 11.0 Å². The predicted octanol–water partition coefficient (Wildman–Crippen LogP) is 2.13. The van der Waals surface area contributed by atoms with Crippen LogP contribution in [0, 0.1) is 0 Å². The molecule has 0 fully saturated rings. The number of fused-ring (bicyclic) bond motifs is 1. The molecule has 116 valence electrons. The second-order valence-electron chi connectivity index (χ2n) is 5.16. The minimum Gasteiger partial charge on any atom is -0.267 e. The van der Waals surface area contributed by atoms with Crippen molar-refractivity contribution >= 4 is 16.9 Å². The number of carbonyl (C=O) groups is 1. The first-order chi connectivity index (χ1) is 11.2. The van der Waals surface area contributed by atoms with E-state index in [2.05, 4.69) is 15.4 Å². The van der Waals surface area contributed by atoms with E-state index in [-0.39, 0.29) is 5.56 Å². The highest BCUT2D eigenvalue weighted by Crippen LogP contribution is 2.11. The molecule has 6 heteroatoms. The molecule has 0 aliphatic rings. The molecule has 3 rings (SSSR count). The lowest BCUT2D eigenvalue weighted by Crippen LogP contribution is -2.35. The number of nitrogens with zero attached hydrogens (tertiary/aromatic N) is 3. The molecule has 0 unspecified atom stereocenters. The van der Waals surface area contributed by atoms with Crippen molar-refractivity contribution in [3.63, 3.8) is 0 Å². The van der Waals surface area contributed by atoms with Gasteiger partial charge in [0.15, 0.2) is 5.65 Å². The fourth-order valence-electron chi connectivity index (χ4n) is 2.41. The van der Waals surface area contributed by atoms with Crippen LogP contribution in [0.4, 0.5) is 0 Å². The topological polar surface area (TPSA) is 76.9 Å². The number of aromatic nitrogens is 3. The summed E-state index contributed by atoms with van der Waals surface area (Å²) in [6.07, 6.45) is 6.12. The Morgan fingerprint density at radius 1 is 1.26 bits per heavy atom. The van der Waals surface area contributed by atoms with E-state index in [1.54, 1.807) is 30.6 Å². The number of pyridine rings is 3. The van der Waals surface area contributed by atoms with E-state index < -0.39 is 5.91 Å². The second kappa shape index (κ2) is 6.39. The fraction of sp³-hybridized carbons (Fsp3) is 0.176. The first-order valence-electron chi connectivity index (χ1n) is 7.41. The van der Waals surface area contributed by atoms with Crippen molar-refractivity contribution in [3.8, 4) is 0 Å². The van der Waals surface area contributed by atoms with Gasteiger partial charge in [0.25, 0.3) is 11.5 Å². The highest BCUT2D eigenvalue weighted by molar-refractivity contribution is 6.00. The number of hydrogen-bond donors (Lipinski definition) is 1. The van der Waals surface area contributed by atoms with Gasteiger partial charge in [0.1, 0.15) is 0 Å². The minimum atomic E-state index is -0.402. The maximum atomic E-state index is 12.6. The molecule has 0 saturated heterocycles. The van der Waals surface area contributed by atoms with Crippen LogP contribution < -0.4 is 11.0 Å². The molecule has 23 heavy (non-hydrogen) atoms. The summed E-state index contributed by atoms with van der Waals surface area (Å²) in [5.74, 6) is -0.402. The van der Waals surface area contributed by atoms with Gasteiger partial charge in [-0.15, -0.1) is 0 Å². The number of hydrogen-bond acceptors (Lipinski definition) is 4. The van der Waals surface area contributed by atoms with Gasteiger partial charge in [0.2, 0.25) is 0 Å². The first kappa shape index (κ1) is 14.9. The minimum absolute atomic E-state index is 0.254. The third kappa shape index (κ3) is 2.96. The Bertz CT molecular complexity index is 903. The highest BCUT2D eigenvalue weighted by Gasteiger charge is 2.13. The monoisotopic (exact) mass is 308 g/mol. The van der Waals surface area contributed by atoms with E-state index in [1.165, 1.54) is 10.9 Å². The van der Waals surface area contributed by atoms with Gasteiger partial charge < -0.3 is 0 Å². The molecule has 0 bridgehead atoms. The van der Waals surface area contributed by atoms with Crippen molar-refractivity contribution in [2.45, 2.75) is 19.8 Å². The number of nitrogens with one attached hydrogen (secondary N) is 1. The van der Waals surface area contributed by atoms with Gasteiger partial charge in [-0.25, -0.2) is 4.98 Å². The van der Waals surface area contributed by atoms with E-state index in [0.29, 0.717) is 23.2 Å². The van der Waals surface area contributed by atoms with Gasteiger partial charge in [-0.2, -0.15) is 4.68 Å². The molecule has 0 radical (unpaired) electrons. The molecule has 0 atom stereocenters. The first-order valence-corrected chi connectivity index (χ1v) is 7.41. The lowest BCUT2D eigenvalue weighted by Gasteiger charge is -2.12. The molecule has 1 N–H and O–H groups in total. The predicted molar refractivity (Wildman–Crippen MR) is 87.9 cm³/mol. The van der Waals surface area contributed by atoms with Crippen LogP contribution >= 0.6 is 0 Å². The molecule has 0 aliphatic heterocycles. The van der Waals surface area contributed by atoms with Crippen molar-refractivity contribution in [2.24, 2.45) is 0 Å². The molecule has 3 aromatic rings. The summed E-state index contributed by atoms with van der Waals surface area (Å²) in [6.45, 7) is 2.01. The van der Waals surface area contributed by atoms with Crippen LogP contribution in [0.3, 0.4) is 0 Å². The van der Waals surface area contributed by atoms with Gasteiger partial charge in [0, 0.05) is 29.5 Å². The molecular formula is C17H16N4O2. The van der Waals surface area contributed by atoms with E-state index in [0.717, 1.165) is 11.8 Å². The molecule has 0 aliphatic carbocycles. The summed E-state index contributed by atoms with van der Waals surface area (Å²) < 4.78 is 1.22. The van der Waals surface area contributed by atoms with Crippen molar-refractivity contribution in [1.82, 2.24) is 14.6 Å². The van der Waals surface area contributed by atoms with Gasteiger partial charge in [-0.3, -0.25) is 20.0 Å². The van der Waals surface area contributed by atoms with E-state index in [9.17, 15) is 9.59 Å². The second-order valence-corrected chi connectivity index (χ2v) is 5.16. The van der Waals surface area contributed by atoms with E-state index in [1.807, 2.05) is 19.1 Å². The van der Waals surface area contributed by atoms with Gasteiger partial charge >= 0.3 is 0 Å². The largest absolute Gasteiger partial charge is 0.274 e. The number of aryl methyl sites for hydroxylation is 1. The quantitative estimate of drug-likeness (QED) is 0.801. The van der Waals surface area contributed by atoms with Gasteiger partial charge in [-0.05, 0) is 36.8 Å². The van der Waals surface area contributed by atoms with Crippen LogP contribution in [0.2, 0.25) is 0 Å². The fourth-order valence-corrected chi connectivity index (χ4v) is 2.41. The molecule has 1 amide bonds. The highest BCUT2D eigenvalue weighted by atomic mass is 16.2. The summed E-state index contributed by atoms with van der Waals surface area (Å²) in [5.41, 5.74) is 3.83. The Kier molecular flexibility index (Phi) is 4.14. The standard InChI is InChI=1S/C17H16N4O2/c1-2-5-13-10-12-6-4-9-19-15(12)21(17(13)23)20-16(22)14-7-3-8-18-11-14/h3-4,6-11H,2,5H2,1H3,(H,20,22). The molecule has 0 aromatic carbocycles. The maximum absolute atomic E-state index is 12.6. The molecule has 3 aromatic heterocycles. The maximum Gasteiger partial charge on any atom is 0.274 e. The van der Waals surface area contributed by atoms with Crippen LogP contribution in [-0.2, 0) is 6.42 Å².